The highest BCUT2D eigenvalue weighted by molar-refractivity contribution is 7.89. The summed E-state index contributed by atoms with van der Waals surface area (Å²) in [6, 6.07) is 0. The number of rotatable bonds is 4. The molecule has 0 atom stereocenters. The van der Waals surface area contributed by atoms with Crippen molar-refractivity contribution in [3.8, 4) is 0 Å². The van der Waals surface area contributed by atoms with Crippen molar-refractivity contribution in [1.82, 2.24) is 19.1 Å². The van der Waals surface area contributed by atoms with Crippen LogP contribution in [0.2, 0.25) is 0 Å². The van der Waals surface area contributed by atoms with Gasteiger partial charge in [0.15, 0.2) is 0 Å². The van der Waals surface area contributed by atoms with Crippen LogP contribution in [0.1, 0.15) is 12.2 Å². The highest BCUT2D eigenvalue weighted by Crippen LogP contribution is 2.13. The van der Waals surface area contributed by atoms with Crippen molar-refractivity contribution in [2.75, 3.05) is 18.8 Å². The standard InChI is InChI=1S/C8H15N5O2S/c9-2-1-5-16(14,15)13-4-3-12-7-10-11-8(12)6-13/h7H,1-6,9H2. The molecule has 0 saturated heterocycles. The van der Waals surface area contributed by atoms with E-state index in [2.05, 4.69) is 10.2 Å². The Hall–Kier alpha value is -0.990. The fourth-order valence-electron chi connectivity index (χ4n) is 1.68. The van der Waals surface area contributed by atoms with Crippen LogP contribution in [0, 0.1) is 0 Å². The van der Waals surface area contributed by atoms with Gasteiger partial charge in [-0.1, -0.05) is 0 Å². The minimum atomic E-state index is -3.19. The van der Waals surface area contributed by atoms with Crippen molar-refractivity contribution in [2.45, 2.75) is 19.5 Å². The smallest absolute Gasteiger partial charge is 0.214 e. The Balaban J connectivity index is 2.08. The molecule has 0 fully saturated rings. The molecule has 0 bridgehead atoms. The van der Waals surface area contributed by atoms with Gasteiger partial charge in [0.2, 0.25) is 10.0 Å². The number of aromatic nitrogens is 3. The van der Waals surface area contributed by atoms with E-state index < -0.39 is 10.0 Å². The average molecular weight is 245 g/mol. The van der Waals surface area contributed by atoms with E-state index in [9.17, 15) is 8.42 Å². The summed E-state index contributed by atoms with van der Waals surface area (Å²) in [5.74, 6) is 0.806. The fourth-order valence-corrected chi connectivity index (χ4v) is 3.14. The first-order valence-electron chi connectivity index (χ1n) is 5.18. The highest BCUT2D eigenvalue weighted by atomic mass is 32.2. The van der Waals surface area contributed by atoms with Crippen LogP contribution in [0.25, 0.3) is 0 Å². The first-order valence-corrected chi connectivity index (χ1v) is 6.79. The van der Waals surface area contributed by atoms with Crippen molar-refractivity contribution in [1.29, 1.82) is 0 Å². The molecule has 0 radical (unpaired) electrons. The van der Waals surface area contributed by atoms with E-state index in [4.69, 9.17) is 5.73 Å². The molecule has 0 saturated carbocycles. The number of hydrogen-bond donors (Lipinski definition) is 1. The molecular weight excluding hydrogens is 230 g/mol. The zero-order valence-corrected chi connectivity index (χ0v) is 9.73. The molecule has 90 valence electrons. The molecule has 1 aliphatic heterocycles. The number of sulfonamides is 1. The molecule has 1 aromatic heterocycles. The molecule has 8 heteroatoms. The van der Waals surface area contributed by atoms with Gasteiger partial charge < -0.3 is 10.3 Å². The Morgan fingerprint density at radius 1 is 1.44 bits per heavy atom. The van der Waals surface area contributed by atoms with Crippen LogP contribution < -0.4 is 5.73 Å². The summed E-state index contributed by atoms with van der Waals surface area (Å²) < 4.78 is 27.1. The third kappa shape index (κ3) is 2.23. The Labute approximate surface area is 94.3 Å². The maximum absolute atomic E-state index is 11.9. The van der Waals surface area contributed by atoms with Crippen LogP contribution in [-0.4, -0.2) is 46.3 Å². The Morgan fingerprint density at radius 3 is 3.00 bits per heavy atom. The van der Waals surface area contributed by atoms with Crippen molar-refractivity contribution in [3.05, 3.63) is 12.2 Å². The van der Waals surface area contributed by atoms with E-state index in [1.165, 1.54) is 4.31 Å². The van der Waals surface area contributed by atoms with Crippen LogP contribution in [-0.2, 0) is 23.1 Å². The van der Waals surface area contributed by atoms with Gasteiger partial charge in [0.05, 0.1) is 12.3 Å². The second-order valence-electron chi connectivity index (χ2n) is 3.73. The van der Waals surface area contributed by atoms with Gasteiger partial charge in [-0.3, -0.25) is 0 Å². The van der Waals surface area contributed by atoms with Crippen LogP contribution in [0.4, 0.5) is 0 Å². The molecule has 16 heavy (non-hydrogen) atoms. The molecule has 0 spiro atoms. The molecule has 0 aliphatic carbocycles. The number of nitrogens with zero attached hydrogens (tertiary/aromatic N) is 4. The molecule has 7 nitrogen and oxygen atoms in total. The zero-order valence-electron chi connectivity index (χ0n) is 8.91. The lowest BCUT2D eigenvalue weighted by Gasteiger charge is -2.26. The number of nitrogens with two attached hydrogens (primary N) is 1. The maximum atomic E-state index is 11.9. The summed E-state index contributed by atoms with van der Waals surface area (Å²) in [5, 5.41) is 7.64. The van der Waals surface area contributed by atoms with E-state index in [-0.39, 0.29) is 5.75 Å². The predicted molar refractivity (Wildman–Crippen MR) is 57.9 cm³/mol. The number of fused-ring (bicyclic) bond motifs is 1. The first kappa shape index (κ1) is 11.5. The van der Waals surface area contributed by atoms with Gasteiger partial charge in [-0.15, -0.1) is 10.2 Å². The average Bonchev–Trinajstić information content (AvgIpc) is 2.73. The fraction of sp³-hybridized carbons (Fsp3) is 0.750. The molecule has 2 rings (SSSR count). The van der Waals surface area contributed by atoms with Crippen LogP contribution in [0.5, 0.6) is 0 Å². The topological polar surface area (TPSA) is 94.1 Å². The van der Waals surface area contributed by atoms with Gasteiger partial charge in [0.25, 0.3) is 0 Å². The summed E-state index contributed by atoms with van der Waals surface area (Å²) >= 11 is 0. The Morgan fingerprint density at radius 2 is 2.25 bits per heavy atom. The van der Waals surface area contributed by atoms with Crippen molar-refractivity contribution < 1.29 is 8.42 Å². The summed E-state index contributed by atoms with van der Waals surface area (Å²) in [6.45, 7) is 1.80. The van der Waals surface area contributed by atoms with Crippen LogP contribution in [0.3, 0.4) is 0 Å². The zero-order chi connectivity index (χ0) is 11.6. The summed E-state index contributed by atoms with van der Waals surface area (Å²) in [4.78, 5) is 0. The Bertz CT molecular complexity index is 455. The lowest BCUT2D eigenvalue weighted by molar-refractivity contribution is 0.335. The first-order chi connectivity index (χ1) is 7.63. The SMILES string of the molecule is NCCCS(=O)(=O)N1CCn2cnnc2C1. The van der Waals surface area contributed by atoms with Crippen LogP contribution in [0.15, 0.2) is 6.33 Å². The second kappa shape index (κ2) is 4.48. The van der Waals surface area contributed by atoms with Gasteiger partial charge in [-0.05, 0) is 13.0 Å². The van der Waals surface area contributed by atoms with E-state index in [0.717, 1.165) is 0 Å². The van der Waals surface area contributed by atoms with E-state index in [1.54, 1.807) is 6.33 Å². The molecule has 2 N–H and O–H groups in total. The lowest BCUT2D eigenvalue weighted by Crippen LogP contribution is -2.39. The van der Waals surface area contributed by atoms with E-state index in [1.807, 2.05) is 4.57 Å². The largest absolute Gasteiger partial charge is 0.330 e. The minimum absolute atomic E-state index is 0.109. The van der Waals surface area contributed by atoms with Crippen molar-refractivity contribution in [2.24, 2.45) is 5.73 Å². The molecule has 1 aromatic rings. The monoisotopic (exact) mass is 245 g/mol. The maximum Gasteiger partial charge on any atom is 0.214 e. The normalized spacial score (nSPS) is 17.3. The minimum Gasteiger partial charge on any atom is -0.330 e. The van der Waals surface area contributed by atoms with E-state index in [0.29, 0.717) is 38.4 Å². The summed E-state index contributed by atoms with van der Waals surface area (Å²) in [7, 11) is -3.19. The van der Waals surface area contributed by atoms with Gasteiger partial charge in [-0.25, -0.2) is 8.42 Å². The third-order valence-corrected chi connectivity index (χ3v) is 4.51. The van der Waals surface area contributed by atoms with Gasteiger partial charge in [0, 0.05) is 13.1 Å². The molecule has 0 amide bonds. The molecule has 0 aromatic carbocycles. The summed E-state index contributed by atoms with van der Waals surface area (Å²) in [6.07, 6.45) is 2.12. The van der Waals surface area contributed by atoms with Crippen molar-refractivity contribution in [3.63, 3.8) is 0 Å². The highest BCUT2D eigenvalue weighted by Gasteiger charge is 2.26. The van der Waals surface area contributed by atoms with Crippen molar-refractivity contribution >= 4 is 10.0 Å². The van der Waals surface area contributed by atoms with Gasteiger partial charge in [0.1, 0.15) is 12.2 Å². The Kier molecular flexibility index (Phi) is 3.22. The van der Waals surface area contributed by atoms with Crippen LogP contribution >= 0.6 is 0 Å². The predicted octanol–water partition coefficient (Wildman–Crippen LogP) is -1.23. The third-order valence-electron chi connectivity index (χ3n) is 2.60. The molecule has 0 unspecified atom stereocenters. The lowest BCUT2D eigenvalue weighted by atomic mass is 10.4. The summed E-state index contributed by atoms with van der Waals surface area (Å²) in [5.41, 5.74) is 5.32. The molecule has 2 heterocycles. The quantitative estimate of drug-likeness (QED) is 0.717. The molecule has 1 aliphatic rings. The number of hydrogen-bond acceptors (Lipinski definition) is 5. The van der Waals surface area contributed by atoms with Gasteiger partial charge >= 0.3 is 0 Å². The molecular formula is C8H15N5O2S. The van der Waals surface area contributed by atoms with Gasteiger partial charge in [-0.2, -0.15) is 4.31 Å². The second-order valence-corrected chi connectivity index (χ2v) is 5.82. The van der Waals surface area contributed by atoms with E-state index >= 15 is 0 Å².